The smallest absolute Gasteiger partial charge is 0.234 e. The summed E-state index contributed by atoms with van der Waals surface area (Å²) in [6.07, 6.45) is 3.96. The van der Waals surface area contributed by atoms with Gasteiger partial charge in [-0.3, -0.25) is 14.6 Å². The molecule has 6 heteroatoms. The third-order valence-corrected chi connectivity index (χ3v) is 5.09. The van der Waals surface area contributed by atoms with Gasteiger partial charge in [-0.2, -0.15) is 0 Å². The first kappa shape index (κ1) is 19.6. The molecule has 0 spiro atoms. The molecule has 1 aliphatic rings. The van der Waals surface area contributed by atoms with Crippen molar-refractivity contribution in [2.75, 3.05) is 39.3 Å². The summed E-state index contributed by atoms with van der Waals surface area (Å²) in [5.41, 5.74) is 1.14. The SMILES string of the molecule is CC(C)c1nccn1CCN1CCN(CC(=O)NCc2ccccc2)CC1. The maximum absolute atomic E-state index is 12.2. The lowest BCUT2D eigenvalue weighted by atomic mass is 10.2. The van der Waals surface area contributed by atoms with Gasteiger partial charge < -0.3 is 9.88 Å². The number of carbonyl (C=O) groups is 1. The second-order valence-corrected chi connectivity index (χ2v) is 7.51. The minimum atomic E-state index is 0.104. The van der Waals surface area contributed by atoms with Crippen molar-refractivity contribution >= 4 is 5.91 Å². The minimum Gasteiger partial charge on any atom is -0.351 e. The van der Waals surface area contributed by atoms with E-state index in [1.165, 1.54) is 0 Å². The van der Waals surface area contributed by atoms with E-state index >= 15 is 0 Å². The van der Waals surface area contributed by atoms with Crippen LogP contribution >= 0.6 is 0 Å². The molecule has 2 aromatic rings. The highest BCUT2D eigenvalue weighted by molar-refractivity contribution is 5.78. The van der Waals surface area contributed by atoms with Crippen molar-refractivity contribution in [1.82, 2.24) is 24.7 Å². The lowest BCUT2D eigenvalue weighted by Crippen LogP contribution is -2.49. The lowest BCUT2D eigenvalue weighted by Gasteiger charge is -2.34. The molecule has 1 saturated heterocycles. The van der Waals surface area contributed by atoms with E-state index in [1.54, 1.807) is 0 Å². The molecule has 1 amide bonds. The van der Waals surface area contributed by atoms with Crippen molar-refractivity contribution in [3.8, 4) is 0 Å². The van der Waals surface area contributed by atoms with Crippen LogP contribution in [0.4, 0.5) is 0 Å². The second-order valence-electron chi connectivity index (χ2n) is 7.51. The predicted octanol–water partition coefficient (Wildman–Crippen LogP) is 1.94. The molecule has 2 heterocycles. The summed E-state index contributed by atoms with van der Waals surface area (Å²) in [7, 11) is 0. The predicted molar refractivity (Wildman–Crippen MR) is 107 cm³/mol. The molecule has 1 aromatic carbocycles. The maximum Gasteiger partial charge on any atom is 0.234 e. The number of carbonyl (C=O) groups excluding carboxylic acids is 1. The van der Waals surface area contributed by atoms with Crippen LogP contribution in [0.5, 0.6) is 0 Å². The molecule has 0 bridgehead atoms. The average Bonchev–Trinajstić information content (AvgIpc) is 3.16. The Morgan fingerprint density at radius 1 is 1.07 bits per heavy atom. The van der Waals surface area contributed by atoms with Crippen LogP contribution in [0.25, 0.3) is 0 Å². The molecule has 3 rings (SSSR count). The van der Waals surface area contributed by atoms with Crippen LogP contribution < -0.4 is 5.32 Å². The Morgan fingerprint density at radius 2 is 1.78 bits per heavy atom. The van der Waals surface area contributed by atoms with Crippen LogP contribution in [0.2, 0.25) is 0 Å². The lowest BCUT2D eigenvalue weighted by molar-refractivity contribution is -0.122. The molecule has 0 unspecified atom stereocenters. The normalized spacial score (nSPS) is 16.0. The van der Waals surface area contributed by atoms with Crippen molar-refractivity contribution in [3.63, 3.8) is 0 Å². The second kappa shape index (κ2) is 9.67. The number of rotatable bonds is 8. The van der Waals surface area contributed by atoms with E-state index < -0.39 is 0 Å². The molecule has 1 aromatic heterocycles. The summed E-state index contributed by atoms with van der Waals surface area (Å²) in [6, 6.07) is 10.0. The van der Waals surface area contributed by atoms with Crippen LogP contribution in [0.1, 0.15) is 31.2 Å². The number of imidazole rings is 1. The quantitative estimate of drug-likeness (QED) is 0.773. The van der Waals surface area contributed by atoms with Gasteiger partial charge in [-0.1, -0.05) is 44.2 Å². The maximum atomic E-state index is 12.2. The number of amides is 1. The number of piperazine rings is 1. The van der Waals surface area contributed by atoms with Crippen molar-refractivity contribution in [1.29, 1.82) is 0 Å². The number of nitrogens with zero attached hydrogens (tertiary/aromatic N) is 4. The topological polar surface area (TPSA) is 53.4 Å². The number of hydrogen-bond acceptors (Lipinski definition) is 4. The van der Waals surface area contributed by atoms with E-state index in [2.05, 4.69) is 44.7 Å². The summed E-state index contributed by atoms with van der Waals surface area (Å²) in [4.78, 5) is 21.3. The molecule has 0 atom stereocenters. The van der Waals surface area contributed by atoms with Crippen LogP contribution in [-0.2, 0) is 17.9 Å². The Hall–Kier alpha value is -2.18. The fourth-order valence-electron chi connectivity index (χ4n) is 3.49. The molecule has 1 aliphatic heterocycles. The first-order valence-corrected chi connectivity index (χ1v) is 9.88. The molecule has 0 aliphatic carbocycles. The van der Waals surface area contributed by atoms with Gasteiger partial charge in [0.1, 0.15) is 5.82 Å². The van der Waals surface area contributed by atoms with Crippen LogP contribution in [0, 0.1) is 0 Å². The van der Waals surface area contributed by atoms with Crippen LogP contribution in [-0.4, -0.2) is 64.5 Å². The third kappa shape index (κ3) is 5.91. The Bertz CT molecular complexity index is 704. The summed E-state index contributed by atoms with van der Waals surface area (Å²) in [6.45, 7) is 11.4. The van der Waals surface area contributed by atoms with Gasteiger partial charge in [-0.15, -0.1) is 0 Å². The Morgan fingerprint density at radius 3 is 2.48 bits per heavy atom. The van der Waals surface area contributed by atoms with Gasteiger partial charge >= 0.3 is 0 Å². The Kier molecular flexibility index (Phi) is 7.01. The van der Waals surface area contributed by atoms with E-state index in [-0.39, 0.29) is 5.91 Å². The van der Waals surface area contributed by atoms with Crippen molar-refractivity contribution in [2.24, 2.45) is 0 Å². The van der Waals surface area contributed by atoms with E-state index in [0.29, 0.717) is 19.0 Å². The highest BCUT2D eigenvalue weighted by Crippen LogP contribution is 2.12. The zero-order valence-electron chi connectivity index (χ0n) is 16.5. The summed E-state index contributed by atoms with van der Waals surface area (Å²) in [5, 5.41) is 3.01. The Balaban J connectivity index is 1.35. The van der Waals surface area contributed by atoms with Crippen LogP contribution in [0.15, 0.2) is 42.7 Å². The molecule has 6 nitrogen and oxygen atoms in total. The summed E-state index contributed by atoms with van der Waals surface area (Å²) < 4.78 is 2.26. The van der Waals surface area contributed by atoms with E-state index in [0.717, 1.165) is 50.7 Å². The largest absolute Gasteiger partial charge is 0.351 e. The standard InChI is InChI=1S/C21H31N5O/c1-18(2)21-22-8-9-26(21)15-14-24-10-12-25(13-11-24)17-20(27)23-16-19-6-4-3-5-7-19/h3-9,18H,10-17H2,1-2H3,(H,23,27). The van der Waals surface area contributed by atoms with Crippen molar-refractivity contribution < 1.29 is 4.79 Å². The number of aromatic nitrogens is 2. The van der Waals surface area contributed by atoms with E-state index in [1.807, 2.05) is 36.5 Å². The average molecular weight is 370 g/mol. The summed E-state index contributed by atoms with van der Waals surface area (Å²) in [5.74, 6) is 1.71. The van der Waals surface area contributed by atoms with Crippen molar-refractivity contribution in [2.45, 2.75) is 32.9 Å². The first-order valence-electron chi connectivity index (χ1n) is 9.88. The zero-order valence-corrected chi connectivity index (χ0v) is 16.5. The molecule has 1 N–H and O–H groups in total. The molecule has 1 fully saturated rings. The first-order chi connectivity index (χ1) is 13.1. The third-order valence-electron chi connectivity index (χ3n) is 5.09. The molecular weight excluding hydrogens is 338 g/mol. The Labute approximate surface area is 162 Å². The summed E-state index contributed by atoms with van der Waals surface area (Å²) >= 11 is 0. The van der Waals surface area contributed by atoms with Gasteiger partial charge in [0.2, 0.25) is 5.91 Å². The van der Waals surface area contributed by atoms with Gasteiger partial charge in [0.15, 0.2) is 0 Å². The highest BCUT2D eigenvalue weighted by Gasteiger charge is 2.19. The van der Waals surface area contributed by atoms with Crippen LogP contribution in [0.3, 0.4) is 0 Å². The van der Waals surface area contributed by atoms with Gasteiger partial charge in [0.25, 0.3) is 0 Å². The fraction of sp³-hybridized carbons (Fsp3) is 0.524. The van der Waals surface area contributed by atoms with Gasteiger partial charge in [-0.25, -0.2) is 4.98 Å². The van der Waals surface area contributed by atoms with E-state index in [9.17, 15) is 4.79 Å². The van der Waals surface area contributed by atoms with Gasteiger partial charge in [0.05, 0.1) is 6.54 Å². The zero-order chi connectivity index (χ0) is 19.1. The monoisotopic (exact) mass is 369 g/mol. The van der Waals surface area contributed by atoms with Gasteiger partial charge in [-0.05, 0) is 5.56 Å². The van der Waals surface area contributed by atoms with E-state index in [4.69, 9.17) is 0 Å². The molecule has 146 valence electrons. The molecule has 0 saturated carbocycles. The fourth-order valence-corrected chi connectivity index (χ4v) is 3.49. The number of hydrogen-bond donors (Lipinski definition) is 1. The minimum absolute atomic E-state index is 0.104. The highest BCUT2D eigenvalue weighted by atomic mass is 16.2. The number of benzene rings is 1. The van der Waals surface area contributed by atoms with Gasteiger partial charge in [0, 0.05) is 64.1 Å². The molecule has 0 radical (unpaired) electrons. The molecular formula is C21H31N5O. The van der Waals surface area contributed by atoms with Crippen molar-refractivity contribution in [3.05, 3.63) is 54.1 Å². The molecule has 27 heavy (non-hydrogen) atoms. The number of nitrogens with one attached hydrogen (secondary N) is 1.